The Morgan fingerprint density at radius 1 is 0.970 bits per heavy atom. The zero-order chi connectivity index (χ0) is 46.2. The van der Waals surface area contributed by atoms with Gasteiger partial charge in [-0.3, -0.25) is 9.59 Å². The van der Waals surface area contributed by atoms with E-state index in [1.54, 1.807) is 6.26 Å². The molecular formula is C53H74N2O11. The number of furan rings is 1. The zero-order valence-corrected chi connectivity index (χ0v) is 39.5. The maximum absolute atomic E-state index is 15.9. The smallest absolute Gasteiger partial charge is 0.339 e. The van der Waals surface area contributed by atoms with E-state index < -0.39 is 69.9 Å². The Labute approximate surface area is 389 Å². The molecule has 3 saturated carbocycles. The third-order valence-electron chi connectivity index (χ3n) is 18.9. The molecule has 66 heavy (non-hydrogen) atoms. The number of aliphatic hydroxyl groups excluding tert-OH is 3. The van der Waals surface area contributed by atoms with Crippen LogP contribution in [0.1, 0.15) is 134 Å². The topological polar surface area (TPSA) is 189 Å². The zero-order valence-electron chi connectivity index (χ0n) is 39.5. The molecule has 5 aliphatic heterocycles. The van der Waals surface area contributed by atoms with Crippen molar-refractivity contribution < 1.29 is 53.1 Å². The highest BCUT2D eigenvalue weighted by Crippen LogP contribution is 2.83. The summed E-state index contributed by atoms with van der Waals surface area (Å²) >= 11 is 0. The Hall–Kier alpha value is -3.17. The molecule has 13 nitrogen and oxygen atoms in total. The van der Waals surface area contributed by atoms with Crippen LogP contribution in [0.3, 0.4) is 0 Å². The van der Waals surface area contributed by atoms with Crippen LogP contribution < -0.4 is 10.6 Å². The molecular weight excluding hydrogens is 841 g/mol. The number of carbonyl (C=O) groups excluding carboxylic acids is 3. The van der Waals surface area contributed by atoms with Gasteiger partial charge in [0.15, 0.2) is 11.9 Å². The summed E-state index contributed by atoms with van der Waals surface area (Å²) in [7, 11) is 0. The quantitative estimate of drug-likeness (QED) is 0.0734. The third-order valence-corrected chi connectivity index (χ3v) is 18.9. The number of unbranched alkanes of at least 4 members (excludes halogenated alkanes) is 1. The van der Waals surface area contributed by atoms with Crippen molar-refractivity contribution >= 4 is 17.7 Å². The van der Waals surface area contributed by atoms with E-state index in [2.05, 4.69) is 55.7 Å². The molecule has 16 atom stereocenters. The molecule has 2 spiro atoms. The molecule has 362 valence electrons. The van der Waals surface area contributed by atoms with Gasteiger partial charge in [-0.05, 0) is 106 Å². The number of hydrogen-bond acceptors (Lipinski definition) is 13. The molecule has 1 aromatic carbocycles. The second kappa shape index (κ2) is 17.7. The van der Waals surface area contributed by atoms with Crippen LogP contribution in [0.5, 0.6) is 0 Å². The second-order valence-corrected chi connectivity index (χ2v) is 22.8. The van der Waals surface area contributed by atoms with Crippen LogP contribution in [0, 0.1) is 51.8 Å². The van der Waals surface area contributed by atoms with Crippen LogP contribution in [-0.4, -0.2) is 101 Å². The van der Waals surface area contributed by atoms with E-state index >= 15 is 4.79 Å². The molecule has 8 fully saturated rings. The van der Waals surface area contributed by atoms with Gasteiger partial charge in [-0.15, -0.1) is 0 Å². The van der Waals surface area contributed by atoms with Crippen LogP contribution in [0.2, 0.25) is 0 Å². The van der Waals surface area contributed by atoms with Crippen molar-refractivity contribution in [2.45, 2.75) is 172 Å². The Morgan fingerprint density at radius 3 is 2.55 bits per heavy atom. The lowest BCUT2D eigenvalue weighted by atomic mass is 9.32. The van der Waals surface area contributed by atoms with Crippen LogP contribution in [-0.2, 0) is 46.2 Å². The summed E-state index contributed by atoms with van der Waals surface area (Å²) in [6.07, 6.45) is 7.40. The molecule has 3 aliphatic carbocycles. The number of epoxide rings is 1. The van der Waals surface area contributed by atoms with Gasteiger partial charge in [0.2, 0.25) is 0 Å². The van der Waals surface area contributed by atoms with Gasteiger partial charge >= 0.3 is 11.9 Å². The summed E-state index contributed by atoms with van der Waals surface area (Å²) in [6.45, 7) is 9.84. The standard InChI is InChI=1S/C53H74N2O11/c1-31(2)17-21-50(4)44-43(59)45(60)52(35-15-10-13-33(24-35)23-32-11-6-5-7-12-32)40(51(44)29-63-42(58)26-41(51)65-50)18-20-49(3)46(64-48(61)47-53(49,52)66-47)37-19-22-62-39(37)25-34(38(57)28-56)14-8-9-16-36-27-54-30-55-36/h5-7,11-12,19,22,31,33-36,38,40-41,44-47,54-57,60H,8-10,13-18,20-21,23-30H2,1-4H3. The molecule has 0 amide bonds. The van der Waals surface area contributed by atoms with Gasteiger partial charge < -0.3 is 49.3 Å². The summed E-state index contributed by atoms with van der Waals surface area (Å²) in [6, 6.07) is 12.8. The summed E-state index contributed by atoms with van der Waals surface area (Å²) < 4.78 is 33.3. The first kappa shape index (κ1) is 46.6. The predicted octanol–water partition coefficient (Wildman–Crippen LogP) is 6.14. The van der Waals surface area contributed by atoms with Crippen LogP contribution in [0.4, 0.5) is 0 Å². The molecule has 16 unspecified atom stereocenters. The van der Waals surface area contributed by atoms with Crippen molar-refractivity contribution in [2.24, 2.45) is 51.8 Å². The molecule has 5 N–H and O–H groups in total. The fourth-order valence-corrected chi connectivity index (χ4v) is 16.0. The average molecular weight is 915 g/mol. The van der Waals surface area contributed by atoms with Crippen molar-refractivity contribution in [3.05, 3.63) is 59.5 Å². The Bertz CT molecular complexity index is 2110. The maximum Gasteiger partial charge on any atom is 0.339 e. The van der Waals surface area contributed by atoms with Gasteiger partial charge in [0, 0.05) is 47.5 Å². The van der Waals surface area contributed by atoms with E-state index in [0.29, 0.717) is 55.4 Å². The lowest BCUT2D eigenvalue weighted by molar-refractivity contribution is -0.276. The molecule has 5 saturated heterocycles. The number of hydrogen-bond donors (Lipinski definition) is 5. The molecule has 2 aromatic rings. The van der Waals surface area contributed by atoms with E-state index in [0.717, 1.165) is 71.0 Å². The molecule has 0 bridgehead atoms. The highest BCUT2D eigenvalue weighted by Gasteiger charge is 2.93. The van der Waals surface area contributed by atoms with Crippen molar-refractivity contribution in [2.75, 3.05) is 26.4 Å². The maximum atomic E-state index is 15.9. The second-order valence-electron chi connectivity index (χ2n) is 22.8. The minimum absolute atomic E-state index is 0.0172. The van der Waals surface area contributed by atoms with Crippen molar-refractivity contribution in [1.29, 1.82) is 0 Å². The number of fused-ring (bicyclic) bond motifs is 1. The van der Waals surface area contributed by atoms with Crippen molar-refractivity contribution in [3.8, 4) is 0 Å². The Morgan fingerprint density at radius 2 is 1.79 bits per heavy atom. The molecule has 1 aromatic heterocycles. The Balaban J connectivity index is 1.06. The fraction of sp³-hybridized carbons (Fsp3) is 0.755. The minimum atomic E-state index is -1.48. The number of aliphatic hydroxyl groups is 3. The lowest BCUT2D eigenvalue weighted by Gasteiger charge is -2.70. The van der Waals surface area contributed by atoms with Crippen molar-refractivity contribution in [1.82, 2.24) is 10.6 Å². The van der Waals surface area contributed by atoms with Gasteiger partial charge in [0.25, 0.3) is 0 Å². The number of ether oxygens (including phenoxy) is 4. The first-order chi connectivity index (χ1) is 31.7. The first-order valence-electron chi connectivity index (χ1n) is 25.5. The van der Waals surface area contributed by atoms with E-state index in [1.807, 2.05) is 19.1 Å². The average Bonchev–Trinajstić information content (AvgIpc) is 3.54. The van der Waals surface area contributed by atoms with E-state index in [9.17, 15) is 24.9 Å². The normalized spacial score (nSPS) is 42.4. The van der Waals surface area contributed by atoms with E-state index in [1.165, 1.54) is 5.56 Å². The highest BCUT2D eigenvalue weighted by molar-refractivity contribution is 5.92. The van der Waals surface area contributed by atoms with Gasteiger partial charge in [-0.1, -0.05) is 76.8 Å². The van der Waals surface area contributed by atoms with Gasteiger partial charge in [-0.2, -0.15) is 0 Å². The number of cyclic esters (lactones) is 2. The van der Waals surface area contributed by atoms with Gasteiger partial charge in [0.1, 0.15) is 30.2 Å². The molecule has 0 radical (unpaired) electrons. The van der Waals surface area contributed by atoms with Crippen LogP contribution in [0.15, 0.2) is 47.1 Å². The number of nitrogens with one attached hydrogen (secondary N) is 2. The predicted molar refractivity (Wildman–Crippen MR) is 242 cm³/mol. The molecule has 10 rings (SSSR count). The number of carbonyl (C=O) groups is 3. The monoisotopic (exact) mass is 915 g/mol. The number of Topliss-reactive ketones (excluding diaryl/α,β-unsaturated/α-hetero) is 1. The number of rotatable bonds is 16. The third kappa shape index (κ3) is 7.12. The van der Waals surface area contributed by atoms with E-state index in [-0.39, 0.29) is 55.1 Å². The molecule has 6 heterocycles. The number of esters is 2. The minimum Gasteiger partial charge on any atom is -0.469 e. The first-order valence-corrected chi connectivity index (χ1v) is 25.5. The largest absolute Gasteiger partial charge is 0.469 e. The number of benzene rings is 1. The number of ketones is 1. The summed E-state index contributed by atoms with van der Waals surface area (Å²) in [5.74, 6) is -1.55. The molecule has 13 heteroatoms. The van der Waals surface area contributed by atoms with Crippen LogP contribution >= 0.6 is 0 Å². The highest BCUT2D eigenvalue weighted by atomic mass is 16.7. The summed E-state index contributed by atoms with van der Waals surface area (Å²) in [4.78, 5) is 44.1. The molecule has 8 aliphatic rings. The lowest BCUT2D eigenvalue weighted by Crippen LogP contribution is -2.79. The SMILES string of the molecule is CC(C)CCC1(C)OC2CC(=O)OCC23C1C(=O)C(O)C1(C2CCCC(Cc4ccccc4)C2)C3CCC2(C)C(c3ccoc3CC(CCCCC3CNCN3)C(O)CO)OC(=O)C3OC321. The fourth-order valence-electron chi connectivity index (χ4n) is 16.0. The van der Waals surface area contributed by atoms with E-state index in [4.69, 9.17) is 23.4 Å². The summed E-state index contributed by atoms with van der Waals surface area (Å²) in [5.41, 5.74) is -3.41. The Kier molecular flexibility index (Phi) is 12.5. The van der Waals surface area contributed by atoms with Crippen molar-refractivity contribution in [3.63, 3.8) is 0 Å². The van der Waals surface area contributed by atoms with Gasteiger partial charge in [-0.25, -0.2) is 4.79 Å². The van der Waals surface area contributed by atoms with Crippen LogP contribution in [0.25, 0.3) is 0 Å². The van der Waals surface area contributed by atoms with Gasteiger partial charge in [0.05, 0.1) is 43.0 Å². The summed E-state index contributed by atoms with van der Waals surface area (Å²) in [5, 5.41) is 41.8.